The van der Waals surface area contributed by atoms with Gasteiger partial charge in [0.25, 0.3) is 0 Å². The Balaban J connectivity index is 2.50. The first-order valence-electron chi connectivity index (χ1n) is 5.21. The summed E-state index contributed by atoms with van der Waals surface area (Å²) < 4.78 is 5.40. The fraction of sp³-hybridized carbons (Fsp3) is 0.154. The lowest BCUT2D eigenvalue weighted by Gasteiger charge is -2.02. The van der Waals surface area contributed by atoms with Crippen molar-refractivity contribution in [3.05, 3.63) is 39.7 Å². The highest BCUT2D eigenvalue weighted by atomic mass is 35.5. The van der Waals surface area contributed by atoms with Crippen LogP contribution in [0.3, 0.4) is 0 Å². The van der Waals surface area contributed by atoms with Crippen molar-refractivity contribution < 1.29 is 14.6 Å². The lowest BCUT2D eigenvalue weighted by atomic mass is 10.1. The zero-order valence-corrected chi connectivity index (χ0v) is 11.4. The molecule has 2 rings (SSSR count). The van der Waals surface area contributed by atoms with E-state index in [0.717, 1.165) is 16.2 Å². The van der Waals surface area contributed by atoms with Gasteiger partial charge < -0.3 is 9.84 Å². The van der Waals surface area contributed by atoms with Crippen molar-refractivity contribution in [3.8, 4) is 16.2 Å². The Hall–Kier alpha value is -1.52. The molecule has 0 saturated carbocycles. The maximum Gasteiger partial charge on any atom is 0.338 e. The Morgan fingerprint density at radius 3 is 2.39 bits per heavy atom. The molecule has 2 aromatic rings. The zero-order chi connectivity index (χ0) is 13.3. The number of methoxy groups -OCH3 is 1. The van der Waals surface area contributed by atoms with Gasteiger partial charge in [0.05, 0.1) is 12.7 Å². The third kappa shape index (κ3) is 2.21. The smallest absolute Gasteiger partial charge is 0.338 e. The number of halogens is 1. The molecule has 0 fully saturated rings. The molecular formula is C13H11ClO3S. The van der Waals surface area contributed by atoms with Gasteiger partial charge in [-0.05, 0) is 42.3 Å². The van der Waals surface area contributed by atoms with E-state index in [1.54, 1.807) is 14.0 Å². The Kier molecular flexibility index (Phi) is 3.59. The van der Waals surface area contributed by atoms with Gasteiger partial charge in [0.15, 0.2) is 0 Å². The highest BCUT2D eigenvalue weighted by molar-refractivity contribution is 7.20. The second-order valence-electron chi connectivity index (χ2n) is 3.74. The van der Waals surface area contributed by atoms with E-state index < -0.39 is 5.97 Å². The van der Waals surface area contributed by atoms with Crippen LogP contribution in [0.1, 0.15) is 15.9 Å². The third-order valence-corrected chi connectivity index (χ3v) is 4.22. The van der Waals surface area contributed by atoms with Gasteiger partial charge in [-0.3, -0.25) is 0 Å². The summed E-state index contributed by atoms with van der Waals surface area (Å²) in [6, 6.07) is 7.45. The molecule has 1 heterocycles. The van der Waals surface area contributed by atoms with Crippen molar-refractivity contribution in [1.82, 2.24) is 0 Å². The van der Waals surface area contributed by atoms with E-state index in [4.69, 9.17) is 21.4 Å². The minimum Gasteiger partial charge on any atom is -0.497 e. The normalized spacial score (nSPS) is 10.4. The van der Waals surface area contributed by atoms with Gasteiger partial charge in [-0.1, -0.05) is 11.6 Å². The average molecular weight is 283 g/mol. The van der Waals surface area contributed by atoms with E-state index in [2.05, 4.69) is 0 Å². The number of hydrogen-bond acceptors (Lipinski definition) is 3. The second-order valence-corrected chi connectivity index (χ2v) is 5.36. The van der Waals surface area contributed by atoms with Crippen molar-refractivity contribution in [3.63, 3.8) is 0 Å². The summed E-state index contributed by atoms with van der Waals surface area (Å²) in [6.07, 6.45) is 0. The Morgan fingerprint density at radius 1 is 1.33 bits per heavy atom. The molecule has 0 radical (unpaired) electrons. The van der Waals surface area contributed by atoms with E-state index in [0.29, 0.717) is 9.90 Å². The van der Waals surface area contributed by atoms with Crippen molar-refractivity contribution in [2.75, 3.05) is 7.11 Å². The molecule has 1 aromatic carbocycles. The first-order chi connectivity index (χ1) is 8.54. The van der Waals surface area contributed by atoms with Gasteiger partial charge in [-0.25, -0.2) is 4.79 Å². The first-order valence-corrected chi connectivity index (χ1v) is 6.40. The number of rotatable bonds is 3. The largest absolute Gasteiger partial charge is 0.497 e. The van der Waals surface area contributed by atoms with Crippen molar-refractivity contribution >= 4 is 28.9 Å². The molecule has 3 nitrogen and oxygen atoms in total. The number of thiophene rings is 1. The molecule has 1 aromatic heterocycles. The first kappa shape index (κ1) is 12.9. The molecule has 18 heavy (non-hydrogen) atoms. The Bertz CT molecular complexity index is 587. The molecule has 0 aliphatic rings. The van der Waals surface area contributed by atoms with Crippen LogP contribution in [0.25, 0.3) is 10.4 Å². The molecule has 0 unspecified atom stereocenters. The third-order valence-electron chi connectivity index (χ3n) is 2.67. The fourth-order valence-electron chi connectivity index (χ4n) is 1.74. The van der Waals surface area contributed by atoms with Crippen LogP contribution in [0.4, 0.5) is 0 Å². The van der Waals surface area contributed by atoms with Crippen molar-refractivity contribution in [2.24, 2.45) is 0 Å². The number of hydrogen-bond donors (Lipinski definition) is 1. The van der Waals surface area contributed by atoms with E-state index in [1.165, 1.54) is 11.3 Å². The van der Waals surface area contributed by atoms with Gasteiger partial charge in [-0.2, -0.15) is 0 Å². The van der Waals surface area contributed by atoms with Crippen LogP contribution in [-0.4, -0.2) is 18.2 Å². The van der Waals surface area contributed by atoms with Gasteiger partial charge in [0.2, 0.25) is 0 Å². The summed E-state index contributed by atoms with van der Waals surface area (Å²) in [7, 11) is 1.60. The van der Waals surface area contributed by atoms with E-state index in [1.807, 2.05) is 24.3 Å². The SMILES string of the molecule is COc1ccc(-c2sc(Cl)c(C(=O)O)c2C)cc1. The van der Waals surface area contributed by atoms with Gasteiger partial charge in [0.1, 0.15) is 10.1 Å². The second kappa shape index (κ2) is 5.00. The lowest BCUT2D eigenvalue weighted by Crippen LogP contribution is -1.97. The Labute approximate surface area is 114 Å². The summed E-state index contributed by atoms with van der Waals surface area (Å²) in [5.74, 6) is -0.231. The van der Waals surface area contributed by atoms with E-state index >= 15 is 0 Å². The van der Waals surface area contributed by atoms with Crippen LogP contribution in [-0.2, 0) is 0 Å². The number of aromatic carboxylic acids is 1. The predicted octanol–water partition coefficient (Wildman–Crippen LogP) is 4.08. The molecule has 0 aliphatic carbocycles. The number of carboxylic acids is 1. The van der Waals surface area contributed by atoms with Gasteiger partial charge >= 0.3 is 5.97 Å². The quantitative estimate of drug-likeness (QED) is 0.922. The number of carboxylic acid groups (broad SMARTS) is 1. The molecule has 94 valence electrons. The molecule has 1 N–H and O–H groups in total. The minimum atomic E-state index is -0.992. The summed E-state index contributed by atoms with van der Waals surface area (Å²) in [6.45, 7) is 1.77. The molecule has 0 spiro atoms. The number of benzene rings is 1. The molecule has 5 heteroatoms. The summed E-state index contributed by atoms with van der Waals surface area (Å²) in [5.41, 5.74) is 1.82. The van der Waals surface area contributed by atoms with Gasteiger partial charge in [-0.15, -0.1) is 11.3 Å². The fourth-order valence-corrected chi connectivity index (χ4v) is 3.23. The highest BCUT2D eigenvalue weighted by Gasteiger charge is 2.20. The van der Waals surface area contributed by atoms with Crippen molar-refractivity contribution in [2.45, 2.75) is 6.92 Å². The molecule has 0 atom stereocenters. The Morgan fingerprint density at radius 2 is 1.94 bits per heavy atom. The van der Waals surface area contributed by atoms with Crippen LogP contribution in [0.15, 0.2) is 24.3 Å². The molecule has 0 saturated heterocycles. The summed E-state index contributed by atoms with van der Waals surface area (Å²) >= 11 is 7.25. The summed E-state index contributed by atoms with van der Waals surface area (Å²) in [5, 5.41) is 9.09. The average Bonchev–Trinajstić information content (AvgIpc) is 2.65. The summed E-state index contributed by atoms with van der Waals surface area (Å²) in [4.78, 5) is 12.0. The van der Waals surface area contributed by atoms with Crippen molar-refractivity contribution in [1.29, 1.82) is 0 Å². The molecule has 0 aliphatic heterocycles. The van der Waals surface area contributed by atoms with Crippen LogP contribution >= 0.6 is 22.9 Å². The van der Waals surface area contributed by atoms with Crippen LogP contribution in [0.5, 0.6) is 5.75 Å². The predicted molar refractivity (Wildman–Crippen MR) is 73.0 cm³/mol. The van der Waals surface area contributed by atoms with Gasteiger partial charge in [0, 0.05) is 4.88 Å². The topological polar surface area (TPSA) is 46.5 Å². The van der Waals surface area contributed by atoms with E-state index in [-0.39, 0.29) is 5.56 Å². The maximum absolute atomic E-state index is 11.1. The maximum atomic E-state index is 11.1. The molecule has 0 amide bonds. The van der Waals surface area contributed by atoms with Crippen LogP contribution < -0.4 is 4.74 Å². The molecule has 0 bridgehead atoms. The van der Waals surface area contributed by atoms with Crippen LogP contribution in [0.2, 0.25) is 4.34 Å². The zero-order valence-electron chi connectivity index (χ0n) is 9.86. The lowest BCUT2D eigenvalue weighted by molar-refractivity contribution is 0.0697. The molecular weight excluding hydrogens is 272 g/mol. The highest BCUT2D eigenvalue weighted by Crippen LogP contribution is 2.39. The monoisotopic (exact) mass is 282 g/mol. The number of ether oxygens (including phenoxy) is 1. The number of carbonyl (C=O) groups is 1. The standard InChI is InChI=1S/C13H11ClO3S/c1-7-10(13(15)16)12(14)18-11(7)8-3-5-9(17-2)6-4-8/h3-6H,1-2H3,(H,15,16). The minimum absolute atomic E-state index is 0.187. The van der Waals surface area contributed by atoms with E-state index in [9.17, 15) is 4.79 Å². The van der Waals surface area contributed by atoms with Crippen LogP contribution in [0, 0.1) is 6.92 Å².